The Labute approximate surface area is 147 Å². The number of carbonyl (C=O) groups is 1. The van der Waals surface area contributed by atoms with Crippen molar-refractivity contribution >= 4 is 11.5 Å². The molecule has 0 saturated carbocycles. The molecule has 4 heteroatoms. The first-order valence-electron chi connectivity index (χ1n) is 8.44. The molecule has 1 atom stereocenters. The highest BCUT2D eigenvalue weighted by atomic mass is 16.5. The molecule has 0 fully saturated rings. The fraction of sp³-hybridized carbons (Fsp3) is 0.286. The van der Waals surface area contributed by atoms with E-state index in [1.165, 1.54) is 11.1 Å². The second kappa shape index (κ2) is 7.53. The van der Waals surface area contributed by atoms with E-state index in [0.29, 0.717) is 19.0 Å². The van der Waals surface area contributed by atoms with Crippen LogP contribution in [0.5, 0.6) is 0 Å². The number of benzene rings is 1. The zero-order valence-corrected chi connectivity index (χ0v) is 14.5. The van der Waals surface area contributed by atoms with E-state index < -0.39 is 11.6 Å². The molecule has 0 saturated heterocycles. The van der Waals surface area contributed by atoms with Gasteiger partial charge in [-0.3, -0.25) is 0 Å². The van der Waals surface area contributed by atoms with Gasteiger partial charge in [-0.1, -0.05) is 48.6 Å². The van der Waals surface area contributed by atoms with Crippen molar-refractivity contribution in [1.29, 1.82) is 0 Å². The molecule has 0 amide bonds. The molecule has 0 radical (unpaired) electrons. The maximum absolute atomic E-state index is 11.6. The van der Waals surface area contributed by atoms with Gasteiger partial charge in [-0.05, 0) is 43.5 Å². The zero-order valence-electron chi connectivity index (χ0n) is 14.5. The van der Waals surface area contributed by atoms with Crippen molar-refractivity contribution in [2.24, 2.45) is 0 Å². The summed E-state index contributed by atoms with van der Waals surface area (Å²) in [6.07, 6.45) is 7.12. The summed E-state index contributed by atoms with van der Waals surface area (Å²) < 4.78 is 16.4. The molecular formula is C21H22O4. The third kappa shape index (κ3) is 4.28. The first kappa shape index (κ1) is 17.2. The van der Waals surface area contributed by atoms with E-state index in [9.17, 15) is 4.79 Å². The molecule has 4 nitrogen and oxygen atoms in total. The Morgan fingerprint density at radius 3 is 2.68 bits per heavy atom. The van der Waals surface area contributed by atoms with Crippen molar-refractivity contribution in [2.75, 3.05) is 6.61 Å². The predicted octanol–water partition coefficient (Wildman–Crippen LogP) is 4.78. The van der Waals surface area contributed by atoms with Gasteiger partial charge in [0.15, 0.2) is 0 Å². The van der Waals surface area contributed by atoms with Crippen LogP contribution in [-0.4, -0.2) is 18.2 Å². The number of carbonyl (C=O) groups excluding carboxylic acids is 1. The van der Waals surface area contributed by atoms with Crippen molar-refractivity contribution in [3.8, 4) is 0 Å². The Morgan fingerprint density at radius 2 is 2.00 bits per heavy atom. The minimum Gasteiger partial charge on any atom is -0.460 e. The Hall–Kier alpha value is -2.59. The summed E-state index contributed by atoms with van der Waals surface area (Å²) >= 11 is 0. The van der Waals surface area contributed by atoms with Gasteiger partial charge in [-0.2, -0.15) is 0 Å². The molecule has 0 N–H and O–H groups in total. The van der Waals surface area contributed by atoms with Crippen LogP contribution < -0.4 is 0 Å². The highest BCUT2D eigenvalue weighted by Gasteiger charge is 2.24. The maximum atomic E-state index is 11.6. The van der Waals surface area contributed by atoms with E-state index in [1.54, 1.807) is 19.1 Å². The van der Waals surface area contributed by atoms with Gasteiger partial charge >= 0.3 is 5.97 Å². The fourth-order valence-electron chi connectivity index (χ4n) is 2.67. The summed E-state index contributed by atoms with van der Waals surface area (Å²) in [4.78, 5) is 11.6. The van der Waals surface area contributed by atoms with Crippen LogP contribution >= 0.6 is 0 Å². The number of furan rings is 1. The maximum Gasteiger partial charge on any atom is 0.374 e. The fourth-order valence-corrected chi connectivity index (χ4v) is 2.67. The first-order chi connectivity index (χ1) is 12.1. The molecule has 130 valence electrons. The lowest BCUT2D eigenvalue weighted by Crippen LogP contribution is -2.26. The van der Waals surface area contributed by atoms with Crippen molar-refractivity contribution in [1.82, 2.24) is 0 Å². The highest BCUT2D eigenvalue weighted by molar-refractivity contribution is 5.86. The van der Waals surface area contributed by atoms with E-state index >= 15 is 0 Å². The smallest absolute Gasteiger partial charge is 0.374 e. The molecule has 0 aliphatic heterocycles. The number of hydrogen-bond donors (Lipinski definition) is 0. The molecule has 0 spiro atoms. The Balaban J connectivity index is 1.58. The van der Waals surface area contributed by atoms with Crippen LogP contribution in [0.4, 0.5) is 0 Å². The Morgan fingerprint density at radius 1 is 1.20 bits per heavy atom. The number of hydrogen-bond acceptors (Lipinski definition) is 4. The van der Waals surface area contributed by atoms with Crippen LogP contribution in [0.2, 0.25) is 0 Å². The minimum absolute atomic E-state index is 0.205. The van der Waals surface area contributed by atoms with Gasteiger partial charge in [0.2, 0.25) is 5.76 Å². The van der Waals surface area contributed by atoms with Gasteiger partial charge in [-0.15, -0.1) is 0 Å². The van der Waals surface area contributed by atoms with Gasteiger partial charge < -0.3 is 13.9 Å². The SMILES string of the molecule is CCOC(=O)c1ccc(COC2(C)C=CC(c3ccccc3)=CC2)o1. The molecule has 1 heterocycles. The average molecular weight is 338 g/mol. The molecule has 25 heavy (non-hydrogen) atoms. The second-order valence-corrected chi connectivity index (χ2v) is 6.15. The van der Waals surface area contributed by atoms with Crippen molar-refractivity contribution in [3.63, 3.8) is 0 Å². The Kier molecular flexibility index (Phi) is 5.19. The van der Waals surface area contributed by atoms with Gasteiger partial charge in [0.25, 0.3) is 0 Å². The number of ether oxygens (including phenoxy) is 2. The monoisotopic (exact) mass is 338 g/mol. The lowest BCUT2D eigenvalue weighted by Gasteiger charge is -2.28. The summed E-state index contributed by atoms with van der Waals surface area (Å²) in [5.74, 6) is 0.361. The van der Waals surface area contributed by atoms with Crippen LogP contribution in [0.3, 0.4) is 0 Å². The summed E-state index contributed by atoms with van der Waals surface area (Å²) in [6.45, 7) is 4.42. The number of allylic oxidation sites excluding steroid dienone is 2. The number of esters is 1. The third-order valence-electron chi connectivity index (χ3n) is 4.13. The van der Waals surface area contributed by atoms with Crippen LogP contribution in [-0.2, 0) is 16.1 Å². The normalized spacial score (nSPS) is 19.5. The number of rotatable bonds is 6. The lowest BCUT2D eigenvalue weighted by atomic mass is 9.91. The van der Waals surface area contributed by atoms with Crippen LogP contribution in [0.25, 0.3) is 5.57 Å². The summed E-state index contributed by atoms with van der Waals surface area (Å²) in [6, 6.07) is 13.6. The minimum atomic E-state index is -0.451. The van der Waals surface area contributed by atoms with Gasteiger partial charge in [0.1, 0.15) is 12.4 Å². The van der Waals surface area contributed by atoms with Crippen LogP contribution in [0.1, 0.15) is 42.1 Å². The van der Waals surface area contributed by atoms with Crippen molar-refractivity contribution in [2.45, 2.75) is 32.5 Å². The van der Waals surface area contributed by atoms with Crippen LogP contribution in [0, 0.1) is 0 Å². The molecule has 3 rings (SSSR count). The Bertz CT molecular complexity index is 785. The zero-order chi connectivity index (χ0) is 17.7. The van der Waals surface area contributed by atoms with E-state index in [4.69, 9.17) is 13.9 Å². The van der Waals surface area contributed by atoms with Crippen LogP contribution in [0.15, 0.2) is 65.1 Å². The van der Waals surface area contributed by atoms with E-state index in [0.717, 1.165) is 6.42 Å². The molecule has 1 unspecified atom stereocenters. The lowest BCUT2D eigenvalue weighted by molar-refractivity contribution is -0.0133. The molecule has 1 aromatic heterocycles. The largest absolute Gasteiger partial charge is 0.460 e. The molecule has 0 bridgehead atoms. The van der Waals surface area contributed by atoms with E-state index in [-0.39, 0.29) is 5.76 Å². The van der Waals surface area contributed by atoms with Gasteiger partial charge in [0, 0.05) is 0 Å². The quantitative estimate of drug-likeness (QED) is 0.712. The topological polar surface area (TPSA) is 48.7 Å². The van der Waals surface area contributed by atoms with Gasteiger partial charge in [0.05, 0.1) is 12.2 Å². The predicted molar refractivity (Wildman–Crippen MR) is 96.0 cm³/mol. The van der Waals surface area contributed by atoms with Crippen molar-refractivity contribution in [3.05, 3.63) is 77.8 Å². The third-order valence-corrected chi connectivity index (χ3v) is 4.13. The second-order valence-electron chi connectivity index (χ2n) is 6.15. The average Bonchev–Trinajstić information content (AvgIpc) is 3.11. The molecule has 1 aliphatic rings. The molecule has 2 aromatic rings. The van der Waals surface area contributed by atoms with E-state index in [2.05, 4.69) is 30.4 Å². The van der Waals surface area contributed by atoms with Crippen molar-refractivity contribution < 1.29 is 18.7 Å². The van der Waals surface area contributed by atoms with Gasteiger partial charge in [-0.25, -0.2) is 4.79 Å². The standard InChI is InChI=1S/C21H22O4/c1-3-23-20(22)19-10-9-18(25-19)15-24-21(2)13-11-17(12-14-21)16-7-5-4-6-8-16/h4-13H,3,14-15H2,1-2H3. The summed E-state index contributed by atoms with van der Waals surface area (Å²) in [5.41, 5.74) is 2.00. The summed E-state index contributed by atoms with van der Waals surface area (Å²) in [5, 5.41) is 0. The molecule has 1 aromatic carbocycles. The van der Waals surface area contributed by atoms with E-state index in [1.807, 2.05) is 25.1 Å². The highest BCUT2D eigenvalue weighted by Crippen LogP contribution is 2.30. The molecule has 1 aliphatic carbocycles. The first-order valence-corrected chi connectivity index (χ1v) is 8.44. The molecular weight excluding hydrogens is 316 g/mol. The summed E-state index contributed by atoms with van der Waals surface area (Å²) in [7, 11) is 0.